The summed E-state index contributed by atoms with van der Waals surface area (Å²) in [6, 6.07) is 17.2. The predicted octanol–water partition coefficient (Wildman–Crippen LogP) is 7.65. The fourth-order valence-corrected chi connectivity index (χ4v) is 4.67. The normalized spacial score (nSPS) is 13.8. The van der Waals surface area contributed by atoms with E-state index in [4.69, 9.17) is 49.7 Å². The minimum Gasteiger partial charge on any atom is -0.492 e. The molecule has 1 atom stereocenters. The summed E-state index contributed by atoms with van der Waals surface area (Å²) in [4.78, 5) is 24.6. The van der Waals surface area contributed by atoms with Crippen molar-refractivity contribution >= 4 is 64.4 Å². The van der Waals surface area contributed by atoms with Gasteiger partial charge in [0.15, 0.2) is 0 Å². The average Bonchev–Trinajstić information content (AvgIpc) is 3.74. The Kier molecular flexibility index (Phi) is 8.70. The quantitative estimate of drug-likeness (QED) is 0.158. The summed E-state index contributed by atoms with van der Waals surface area (Å²) in [5, 5.41) is 9.83. The van der Waals surface area contributed by atoms with Crippen LogP contribution in [0.3, 0.4) is 0 Å². The van der Waals surface area contributed by atoms with Crippen LogP contribution in [-0.4, -0.2) is 31.2 Å². The number of esters is 1. The standard InChI is InChI=1S/C29H24Cl3NO4/c1-36-29(35)20-9-6-17(7-10-20)5-8-18-13-14-21(15-25(18)32)37-16-22(28(34)19-11-12-19)27(33)26-23(30)3-2-4-24(26)31/h2-10,13-15,19,22,33H,11-12,16H2,1H3. The molecule has 1 saturated carbocycles. The highest BCUT2D eigenvalue weighted by Gasteiger charge is 2.38. The van der Waals surface area contributed by atoms with Gasteiger partial charge in [-0.1, -0.05) is 65.2 Å². The van der Waals surface area contributed by atoms with E-state index in [2.05, 4.69) is 0 Å². The molecule has 0 spiro atoms. The fourth-order valence-electron chi connectivity index (χ4n) is 3.84. The van der Waals surface area contributed by atoms with Gasteiger partial charge < -0.3 is 14.9 Å². The van der Waals surface area contributed by atoms with Crippen molar-refractivity contribution in [2.24, 2.45) is 11.8 Å². The molecule has 0 radical (unpaired) electrons. The monoisotopic (exact) mass is 555 g/mol. The van der Waals surface area contributed by atoms with Crippen LogP contribution in [0, 0.1) is 17.2 Å². The minimum atomic E-state index is -0.795. The maximum Gasteiger partial charge on any atom is 0.337 e. The number of carbonyl (C=O) groups excluding carboxylic acids is 2. The van der Waals surface area contributed by atoms with Crippen LogP contribution in [0.15, 0.2) is 60.7 Å². The van der Waals surface area contributed by atoms with E-state index in [0.717, 1.165) is 24.0 Å². The Morgan fingerprint density at radius 2 is 1.65 bits per heavy atom. The van der Waals surface area contributed by atoms with Gasteiger partial charge in [0.2, 0.25) is 0 Å². The van der Waals surface area contributed by atoms with Crippen LogP contribution < -0.4 is 4.74 Å². The molecule has 3 aromatic rings. The number of nitrogens with one attached hydrogen (secondary N) is 1. The van der Waals surface area contributed by atoms with Gasteiger partial charge in [0, 0.05) is 11.5 Å². The summed E-state index contributed by atoms with van der Waals surface area (Å²) >= 11 is 19.1. The van der Waals surface area contributed by atoms with Gasteiger partial charge in [-0.15, -0.1) is 0 Å². The summed E-state index contributed by atoms with van der Waals surface area (Å²) in [6.07, 6.45) is 5.36. The molecule has 4 rings (SSSR count). The number of benzene rings is 3. The van der Waals surface area contributed by atoms with Gasteiger partial charge in [0.1, 0.15) is 18.1 Å². The number of carbonyl (C=O) groups is 2. The lowest BCUT2D eigenvalue weighted by Gasteiger charge is -2.20. The number of hydrogen-bond donors (Lipinski definition) is 1. The Labute approximate surface area is 230 Å². The second-order valence-electron chi connectivity index (χ2n) is 8.68. The molecule has 0 aliphatic heterocycles. The molecule has 1 unspecified atom stereocenters. The molecule has 1 N–H and O–H groups in total. The van der Waals surface area contributed by atoms with Crippen molar-refractivity contribution in [3.63, 3.8) is 0 Å². The molecular weight excluding hydrogens is 533 g/mol. The van der Waals surface area contributed by atoms with Gasteiger partial charge >= 0.3 is 5.97 Å². The number of methoxy groups -OCH3 is 1. The number of rotatable bonds is 10. The summed E-state index contributed by atoms with van der Waals surface area (Å²) in [5.41, 5.74) is 2.54. The lowest BCUT2D eigenvalue weighted by Crippen LogP contribution is -2.31. The van der Waals surface area contributed by atoms with E-state index in [1.54, 1.807) is 42.5 Å². The first kappa shape index (κ1) is 26.9. The molecule has 1 aliphatic carbocycles. The molecule has 37 heavy (non-hydrogen) atoms. The highest BCUT2D eigenvalue weighted by atomic mass is 35.5. The lowest BCUT2D eigenvalue weighted by molar-refractivity contribution is -0.122. The van der Waals surface area contributed by atoms with E-state index in [0.29, 0.717) is 31.9 Å². The van der Waals surface area contributed by atoms with Gasteiger partial charge in [0.05, 0.1) is 39.4 Å². The van der Waals surface area contributed by atoms with Crippen molar-refractivity contribution in [1.29, 1.82) is 5.41 Å². The van der Waals surface area contributed by atoms with Crippen molar-refractivity contribution in [3.05, 3.63) is 98.0 Å². The average molecular weight is 557 g/mol. The second-order valence-corrected chi connectivity index (χ2v) is 9.90. The fraction of sp³-hybridized carbons (Fsp3) is 0.207. The van der Waals surface area contributed by atoms with Gasteiger partial charge in [-0.25, -0.2) is 4.79 Å². The molecule has 0 bridgehead atoms. The van der Waals surface area contributed by atoms with Crippen LogP contribution in [0.1, 0.15) is 39.9 Å². The Morgan fingerprint density at radius 3 is 2.24 bits per heavy atom. The van der Waals surface area contributed by atoms with Crippen LogP contribution >= 0.6 is 34.8 Å². The molecule has 3 aromatic carbocycles. The Bertz CT molecular complexity index is 1340. The maximum absolute atomic E-state index is 13.0. The first-order valence-corrected chi connectivity index (χ1v) is 12.8. The third-order valence-electron chi connectivity index (χ3n) is 6.08. The molecule has 1 fully saturated rings. The van der Waals surface area contributed by atoms with Gasteiger partial charge in [-0.05, 0) is 66.4 Å². The molecule has 8 heteroatoms. The van der Waals surface area contributed by atoms with E-state index in [9.17, 15) is 9.59 Å². The Morgan fingerprint density at radius 1 is 0.973 bits per heavy atom. The van der Waals surface area contributed by atoms with E-state index >= 15 is 0 Å². The van der Waals surface area contributed by atoms with E-state index < -0.39 is 5.92 Å². The van der Waals surface area contributed by atoms with Crippen LogP contribution in [0.5, 0.6) is 5.75 Å². The van der Waals surface area contributed by atoms with Crippen molar-refractivity contribution < 1.29 is 19.1 Å². The molecule has 5 nitrogen and oxygen atoms in total. The van der Waals surface area contributed by atoms with Gasteiger partial charge in [-0.2, -0.15) is 0 Å². The number of hydrogen-bond acceptors (Lipinski definition) is 5. The summed E-state index contributed by atoms with van der Waals surface area (Å²) < 4.78 is 10.6. The first-order chi connectivity index (χ1) is 17.8. The largest absolute Gasteiger partial charge is 0.492 e. The first-order valence-electron chi connectivity index (χ1n) is 11.6. The van der Waals surface area contributed by atoms with Crippen LogP contribution in [0.25, 0.3) is 12.2 Å². The zero-order chi connectivity index (χ0) is 26.5. The predicted molar refractivity (Wildman–Crippen MR) is 148 cm³/mol. The number of ketones is 1. The van der Waals surface area contributed by atoms with Crippen molar-refractivity contribution in [2.45, 2.75) is 12.8 Å². The van der Waals surface area contributed by atoms with E-state index in [1.165, 1.54) is 7.11 Å². The molecular formula is C29H24Cl3NO4. The highest BCUT2D eigenvalue weighted by Crippen LogP contribution is 2.36. The summed E-state index contributed by atoms with van der Waals surface area (Å²) in [7, 11) is 1.34. The number of halogens is 3. The highest BCUT2D eigenvalue weighted by molar-refractivity contribution is 6.40. The van der Waals surface area contributed by atoms with Crippen molar-refractivity contribution in [3.8, 4) is 5.75 Å². The molecule has 0 saturated heterocycles. The van der Waals surface area contributed by atoms with Crippen LogP contribution in [-0.2, 0) is 9.53 Å². The zero-order valence-corrected chi connectivity index (χ0v) is 22.2. The molecule has 0 aromatic heterocycles. The molecule has 0 amide bonds. The van der Waals surface area contributed by atoms with Crippen molar-refractivity contribution in [1.82, 2.24) is 0 Å². The van der Waals surface area contributed by atoms with E-state index in [-0.39, 0.29) is 30.0 Å². The number of Topliss-reactive ketones (excluding diaryl/α,β-unsaturated/α-hetero) is 1. The van der Waals surface area contributed by atoms with Crippen LogP contribution in [0.2, 0.25) is 15.1 Å². The Balaban J connectivity index is 1.46. The minimum absolute atomic E-state index is 0.0201. The summed E-state index contributed by atoms with van der Waals surface area (Å²) in [5.74, 6) is -0.800. The maximum atomic E-state index is 13.0. The smallest absolute Gasteiger partial charge is 0.337 e. The molecule has 1 aliphatic rings. The topological polar surface area (TPSA) is 76.5 Å². The second kappa shape index (κ2) is 12.0. The van der Waals surface area contributed by atoms with Gasteiger partial charge in [0.25, 0.3) is 0 Å². The van der Waals surface area contributed by atoms with Gasteiger partial charge in [-0.3, -0.25) is 4.79 Å². The third-order valence-corrected chi connectivity index (χ3v) is 7.04. The molecule has 190 valence electrons. The lowest BCUT2D eigenvalue weighted by atomic mass is 9.91. The Hall–Kier alpha value is -3.12. The summed E-state index contributed by atoms with van der Waals surface area (Å²) in [6.45, 7) is -0.0201. The third kappa shape index (κ3) is 6.61. The van der Waals surface area contributed by atoms with Crippen molar-refractivity contribution in [2.75, 3.05) is 13.7 Å². The molecule has 0 heterocycles. The van der Waals surface area contributed by atoms with Crippen LogP contribution in [0.4, 0.5) is 0 Å². The van der Waals surface area contributed by atoms with E-state index in [1.807, 2.05) is 30.4 Å². The zero-order valence-electron chi connectivity index (χ0n) is 20.0. The number of ether oxygens (including phenoxy) is 2. The SMILES string of the molecule is COC(=O)c1ccc(C=Cc2ccc(OCC(C(=N)c3c(Cl)cccc3Cl)C(=O)C3CC3)cc2Cl)cc1.